The van der Waals surface area contributed by atoms with E-state index in [-0.39, 0.29) is 105 Å². The maximum absolute atomic E-state index is 12.4. The van der Waals surface area contributed by atoms with Crippen LogP contribution >= 0.6 is 35.8 Å². The van der Waals surface area contributed by atoms with Crippen molar-refractivity contribution < 1.29 is 71.7 Å². The summed E-state index contributed by atoms with van der Waals surface area (Å²) in [6.07, 6.45) is 1.88. The van der Waals surface area contributed by atoms with Gasteiger partial charge in [0, 0.05) is 63.8 Å². The molecule has 2 fully saturated rings. The van der Waals surface area contributed by atoms with Crippen LogP contribution in [0.3, 0.4) is 0 Å². The Bertz CT molecular complexity index is 3710. The highest BCUT2D eigenvalue weighted by Crippen LogP contribution is 2.30. The number of ether oxygens (including phenoxy) is 1. The Kier molecular flexibility index (Phi) is 24.7. The Labute approximate surface area is 511 Å². The lowest BCUT2D eigenvalue weighted by Gasteiger charge is -2.35. The SMILES string of the molecule is C.C.C.C.C=c1/c(=C\c2ccc(-c3cc(C(=O)O)ccc3C)o2)sc(=O)n1[C@H](C)C(=O)OCC.CN1C(=O)C(Cc2ccc(-c3cccc(C(=O)O)c3)o2)C(=O)N(C)C1=S.CN1C(=O)C(Cc2ccc(-c3cccc(C(=O)O)c3)o2)C(=O)N(C)C1=S. The normalized spacial score (nSPS) is 13.9. The Morgan fingerprint density at radius 3 is 1.45 bits per heavy atom. The van der Waals surface area contributed by atoms with Gasteiger partial charge in [0.2, 0.25) is 23.6 Å². The summed E-state index contributed by atoms with van der Waals surface area (Å²) in [5.41, 5.74) is 3.22. The first kappa shape index (κ1) is 70.9. The molecule has 7 aromatic rings. The molecule has 456 valence electrons. The number of rotatable bonds is 14. The van der Waals surface area contributed by atoms with Crippen LogP contribution in [0, 0.1) is 18.8 Å². The first-order valence-corrected chi connectivity index (χ1v) is 26.5. The van der Waals surface area contributed by atoms with E-state index in [4.69, 9.17) is 52.6 Å². The highest BCUT2D eigenvalue weighted by molar-refractivity contribution is 7.80. The lowest BCUT2D eigenvalue weighted by Crippen LogP contribution is -2.57. The molecule has 2 aliphatic rings. The van der Waals surface area contributed by atoms with Crippen LogP contribution in [0.1, 0.15) is 104 Å². The fourth-order valence-electron chi connectivity index (χ4n) is 8.65. The molecule has 0 spiro atoms. The molecular weight excluding hydrogens is 1170 g/mol. The summed E-state index contributed by atoms with van der Waals surface area (Å²) in [5, 5.41) is 28.1. The minimum atomic E-state index is -1.03. The van der Waals surface area contributed by atoms with E-state index in [1.54, 1.807) is 92.7 Å². The van der Waals surface area contributed by atoms with Crippen LogP contribution in [-0.2, 0) is 41.6 Å². The zero-order valence-corrected chi connectivity index (χ0v) is 47.5. The first-order chi connectivity index (χ1) is 38.8. The second kappa shape index (κ2) is 29.9. The van der Waals surface area contributed by atoms with Crippen LogP contribution in [0.25, 0.3) is 46.6 Å². The van der Waals surface area contributed by atoms with Gasteiger partial charge in [0.05, 0.1) is 33.2 Å². The lowest BCUT2D eigenvalue weighted by atomic mass is 9.99. The predicted molar refractivity (Wildman–Crippen MR) is 334 cm³/mol. The number of carbonyl (C=O) groups excluding carboxylic acids is 5. The molecule has 9 rings (SSSR count). The predicted octanol–water partition coefficient (Wildman–Crippen LogP) is 9.12. The van der Waals surface area contributed by atoms with Crippen molar-refractivity contribution in [1.29, 1.82) is 0 Å². The number of aryl methyl sites for hydroxylation is 1. The number of carboxylic acid groups (broad SMARTS) is 3. The summed E-state index contributed by atoms with van der Waals surface area (Å²) in [4.78, 5) is 112. The second-order valence-corrected chi connectivity index (χ2v) is 20.4. The van der Waals surface area contributed by atoms with Crippen molar-refractivity contribution in [3.05, 3.63) is 162 Å². The van der Waals surface area contributed by atoms with Crippen LogP contribution in [-0.4, -0.2) is 132 Å². The van der Waals surface area contributed by atoms with Gasteiger partial charge in [0.15, 0.2) is 10.2 Å². The molecule has 3 aromatic carbocycles. The Hall–Kier alpha value is -9.39. The molecule has 4 aromatic heterocycles. The third kappa shape index (κ3) is 15.5. The minimum Gasteiger partial charge on any atom is -0.478 e. The van der Waals surface area contributed by atoms with Gasteiger partial charge in [0.1, 0.15) is 52.4 Å². The summed E-state index contributed by atoms with van der Waals surface area (Å²) in [5.74, 6) is -4.01. The van der Waals surface area contributed by atoms with Crippen molar-refractivity contribution in [3.8, 4) is 34.0 Å². The number of carboxylic acids is 3. The van der Waals surface area contributed by atoms with Crippen molar-refractivity contribution in [1.82, 2.24) is 24.2 Å². The van der Waals surface area contributed by atoms with E-state index < -0.39 is 41.8 Å². The smallest absolute Gasteiger partial charge is 0.335 e. The number of hydrogen-bond acceptors (Lipinski definition) is 16. The minimum absolute atomic E-state index is 0. The number of aromatic nitrogens is 1. The average Bonchev–Trinajstić information content (AvgIpc) is 3.12. The summed E-state index contributed by atoms with van der Waals surface area (Å²) >= 11 is 11.1. The topological polar surface area (TPSA) is 281 Å². The molecule has 2 saturated heterocycles. The molecule has 0 unspecified atom stereocenters. The third-order valence-corrected chi connectivity index (χ3v) is 15.3. The summed E-state index contributed by atoms with van der Waals surface area (Å²) < 4.78 is 24.2. The molecule has 3 N–H and O–H groups in total. The van der Waals surface area contributed by atoms with Gasteiger partial charge in [-0.25, -0.2) is 19.2 Å². The quantitative estimate of drug-likeness (QED) is 0.0520. The van der Waals surface area contributed by atoms with E-state index in [2.05, 4.69) is 6.58 Å². The molecular formula is C62H69N5O16S3. The van der Waals surface area contributed by atoms with Gasteiger partial charge in [-0.05, 0) is 124 Å². The zero-order chi connectivity index (χ0) is 60.0. The van der Waals surface area contributed by atoms with E-state index in [1.807, 2.05) is 6.92 Å². The number of esters is 1. The maximum atomic E-state index is 12.4. The monoisotopic (exact) mass is 1240 g/mol. The third-order valence-electron chi connectivity index (χ3n) is 13.2. The molecule has 1 atom stereocenters. The second-order valence-electron chi connectivity index (χ2n) is 18.6. The maximum Gasteiger partial charge on any atom is 0.335 e. The van der Waals surface area contributed by atoms with Gasteiger partial charge in [-0.2, -0.15) is 0 Å². The van der Waals surface area contributed by atoms with Crippen molar-refractivity contribution >= 4 is 106 Å². The van der Waals surface area contributed by atoms with E-state index in [9.17, 15) is 48.3 Å². The molecule has 4 amide bonds. The van der Waals surface area contributed by atoms with Gasteiger partial charge in [-0.3, -0.25) is 48.1 Å². The number of aromatic carboxylic acids is 3. The molecule has 0 radical (unpaired) electrons. The van der Waals surface area contributed by atoms with Gasteiger partial charge in [-0.1, -0.05) is 78.0 Å². The van der Waals surface area contributed by atoms with Crippen molar-refractivity contribution in [2.75, 3.05) is 34.8 Å². The van der Waals surface area contributed by atoms with Crippen LogP contribution in [0.15, 0.2) is 121 Å². The largest absolute Gasteiger partial charge is 0.478 e. The Morgan fingerprint density at radius 2 is 1.03 bits per heavy atom. The van der Waals surface area contributed by atoms with Gasteiger partial charge < -0.3 is 33.3 Å². The number of thiazole rings is 1. The van der Waals surface area contributed by atoms with Crippen molar-refractivity contribution in [2.45, 2.75) is 69.4 Å². The Morgan fingerprint density at radius 1 is 0.616 bits per heavy atom. The molecule has 24 heteroatoms. The number of hydrogen-bond donors (Lipinski definition) is 3. The summed E-state index contributed by atoms with van der Waals surface area (Å²) in [6.45, 7) is 9.32. The van der Waals surface area contributed by atoms with E-state index in [1.165, 1.54) is 82.7 Å². The van der Waals surface area contributed by atoms with Gasteiger partial charge >= 0.3 is 28.8 Å². The fraction of sp³-hybridized carbons (Fsp3) is 0.274. The Balaban J connectivity index is 0.000000331. The number of nitrogens with zero attached hydrogens (tertiary/aromatic N) is 5. The van der Waals surface area contributed by atoms with Crippen LogP contribution in [0.5, 0.6) is 0 Å². The van der Waals surface area contributed by atoms with Crippen LogP contribution < -0.4 is 14.8 Å². The summed E-state index contributed by atoms with van der Waals surface area (Å²) in [6, 6.07) is 26.9. The molecule has 0 aliphatic carbocycles. The fourth-order valence-corrected chi connectivity index (χ4v) is 9.96. The number of benzene rings is 3. The molecule has 21 nitrogen and oxygen atoms in total. The van der Waals surface area contributed by atoms with Crippen LogP contribution in [0.4, 0.5) is 0 Å². The van der Waals surface area contributed by atoms with Crippen LogP contribution in [0.2, 0.25) is 0 Å². The van der Waals surface area contributed by atoms with Crippen molar-refractivity contribution in [2.24, 2.45) is 11.8 Å². The molecule has 0 bridgehead atoms. The highest BCUT2D eigenvalue weighted by atomic mass is 32.1. The number of carbonyl (C=O) groups is 8. The molecule has 2 aliphatic heterocycles. The van der Waals surface area contributed by atoms with Gasteiger partial charge in [-0.15, -0.1) is 0 Å². The first-order valence-electron chi connectivity index (χ1n) is 24.9. The molecule has 0 saturated carbocycles. The number of thiocarbonyl (C=S) groups is 2. The van der Waals surface area contributed by atoms with E-state index in [0.29, 0.717) is 61.1 Å². The van der Waals surface area contributed by atoms with Crippen molar-refractivity contribution in [3.63, 3.8) is 0 Å². The lowest BCUT2D eigenvalue weighted by molar-refractivity contribution is -0.147. The van der Waals surface area contributed by atoms with E-state index >= 15 is 0 Å². The molecule has 6 heterocycles. The highest BCUT2D eigenvalue weighted by Gasteiger charge is 2.42. The van der Waals surface area contributed by atoms with E-state index in [0.717, 1.165) is 16.9 Å². The standard InChI is InChI=1S/C22H21NO6S.2C18H16N2O5S.4CH4/c1-5-28-21(26)14(4)23-13(3)19(30-22(23)27)11-16-8-9-18(29-16)17-10-15(20(24)25)7-6-12(17)2;2*1-19-15(21)13(16(22)20(2)18(19)26)9-12-6-7-14(25-12)10-4-3-5-11(8-10)17(23)24;;;;/h6-11,14H,3,5H2,1-2,4H3,(H,24,25);2*3-8,13H,9H2,1-2H3,(H,23,24);4*1H4/b19-11+;;;;;;/t14-;;;;;;/m1....../s1. The van der Waals surface area contributed by atoms with Gasteiger partial charge in [0.25, 0.3) is 0 Å². The molecule has 86 heavy (non-hydrogen) atoms. The summed E-state index contributed by atoms with van der Waals surface area (Å²) in [7, 11) is 6.13. The number of amides is 4. The zero-order valence-electron chi connectivity index (χ0n) is 45.1. The average molecular weight is 1240 g/mol. The number of furan rings is 3.